The Balaban J connectivity index is 1.66. The van der Waals surface area contributed by atoms with E-state index in [1.165, 1.54) is 27.4 Å². The molecule has 0 aromatic heterocycles. The average molecular weight is 400 g/mol. The number of methoxy groups -OCH3 is 3. The number of benzene rings is 2. The predicted molar refractivity (Wildman–Crippen MR) is 109 cm³/mol. The number of hydrogen-bond acceptors (Lipinski definition) is 5. The number of nitrogens with one attached hydrogen (secondary N) is 1. The minimum Gasteiger partial charge on any atom is -0.493 e. The van der Waals surface area contributed by atoms with Crippen molar-refractivity contribution in [1.82, 2.24) is 4.90 Å². The third-order valence-electron chi connectivity index (χ3n) is 4.86. The summed E-state index contributed by atoms with van der Waals surface area (Å²) in [4.78, 5) is 14.8. The van der Waals surface area contributed by atoms with E-state index >= 15 is 0 Å². The van der Waals surface area contributed by atoms with Gasteiger partial charge in [0.25, 0.3) is 5.91 Å². The molecular formula is C22H25FN2O4. The normalized spacial score (nSPS) is 14.1. The smallest absolute Gasteiger partial charge is 0.251 e. The third-order valence-corrected chi connectivity index (χ3v) is 4.86. The number of amides is 1. The molecule has 1 aliphatic heterocycles. The number of hydrogen-bond donors (Lipinski definition) is 1. The highest BCUT2D eigenvalue weighted by atomic mass is 19.1. The van der Waals surface area contributed by atoms with Gasteiger partial charge in [-0.25, -0.2) is 4.39 Å². The zero-order valence-electron chi connectivity index (χ0n) is 16.8. The van der Waals surface area contributed by atoms with Crippen LogP contribution in [0.2, 0.25) is 0 Å². The van der Waals surface area contributed by atoms with E-state index in [1.54, 1.807) is 24.3 Å². The first-order valence-corrected chi connectivity index (χ1v) is 9.31. The van der Waals surface area contributed by atoms with Crippen molar-refractivity contribution in [3.63, 3.8) is 0 Å². The van der Waals surface area contributed by atoms with Crippen LogP contribution in [0.5, 0.6) is 17.2 Å². The van der Waals surface area contributed by atoms with Crippen molar-refractivity contribution in [2.75, 3.05) is 39.7 Å². The minimum absolute atomic E-state index is 0.176. The fraction of sp³-hybridized carbons (Fsp3) is 0.318. The highest BCUT2D eigenvalue weighted by Crippen LogP contribution is 2.40. The Labute approximate surface area is 169 Å². The van der Waals surface area contributed by atoms with Crippen LogP contribution < -0.4 is 19.5 Å². The Morgan fingerprint density at radius 3 is 2.34 bits per heavy atom. The van der Waals surface area contributed by atoms with Crippen LogP contribution >= 0.6 is 0 Å². The van der Waals surface area contributed by atoms with Gasteiger partial charge in [0.2, 0.25) is 5.75 Å². The highest BCUT2D eigenvalue weighted by Gasteiger charge is 2.20. The molecule has 0 saturated heterocycles. The summed E-state index contributed by atoms with van der Waals surface area (Å²) in [5.41, 5.74) is 1.91. The van der Waals surface area contributed by atoms with Crippen molar-refractivity contribution in [3.05, 3.63) is 59.4 Å². The molecule has 1 heterocycles. The lowest BCUT2D eigenvalue weighted by Crippen LogP contribution is -2.31. The van der Waals surface area contributed by atoms with Gasteiger partial charge >= 0.3 is 0 Å². The molecule has 0 spiro atoms. The van der Waals surface area contributed by atoms with Gasteiger partial charge in [-0.15, -0.1) is 0 Å². The first-order valence-electron chi connectivity index (χ1n) is 9.31. The van der Waals surface area contributed by atoms with E-state index in [0.29, 0.717) is 60.1 Å². The van der Waals surface area contributed by atoms with Gasteiger partial charge in [0.15, 0.2) is 11.5 Å². The number of halogens is 1. The fourth-order valence-corrected chi connectivity index (χ4v) is 3.29. The van der Waals surface area contributed by atoms with E-state index in [4.69, 9.17) is 14.2 Å². The van der Waals surface area contributed by atoms with E-state index < -0.39 is 0 Å². The van der Waals surface area contributed by atoms with Gasteiger partial charge < -0.3 is 19.5 Å². The molecule has 6 nitrogen and oxygen atoms in total. The monoisotopic (exact) mass is 400 g/mol. The number of nitrogens with zero attached hydrogens (tertiary/aromatic N) is 1. The number of rotatable bonds is 7. The van der Waals surface area contributed by atoms with Crippen LogP contribution in [-0.4, -0.2) is 45.2 Å². The Hall–Kier alpha value is -3.06. The Morgan fingerprint density at radius 2 is 1.79 bits per heavy atom. The van der Waals surface area contributed by atoms with E-state index in [0.717, 1.165) is 0 Å². The molecule has 0 saturated carbocycles. The van der Waals surface area contributed by atoms with Gasteiger partial charge in [0.1, 0.15) is 5.82 Å². The molecule has 2 aromatic rings. The maximum atomic E-state index is 13.8. The minimum atomic E-state index is -0.206. The third kappa shape index (κ3) is 4.86. The second-order valence-electron chi connectivity index (χ2n) is 6.67. The number of ether oxygens (including phenoxy) is 3. The van der Waals surface area contributed by atoms with Crippen LogP contribution in [0.1, 0.15) is 12.0 Å². The molecule has 7 heteroatoms. The Kier molecular flexibility index (Phi) is 6.72. The summed E-state index contributed by atoms with van der Waals surface area (Å²) in [5, 5.41) is 2.88. The summed E-state index contributed by atoms with van der Waals surface area (Å²) in [5.74, 6) is 1.02. The molecule has 0 aliphatic carbocycles. The van der Waals surface area contributed by atoms with E-state index in [-0.39, 0.29) is 11.7 Å². The van der Waals surface area contributed by atoms with Crippen LogP contribution in [0.3, 0.4) is 0 Å². The summed E-state index contributed by atoms with van der Waals surface area (Å²) < 4.78 is 29.8. The molecule has 29 heavy (non-hydrogen) atoms. The summed E-state index contributed by atoms with van der Waals surface area (Å²) in [6.07, 6.45) is 2.47. The second kappa shape index (κ2) is 9.43. The van der Waals surface area contributed by atoms with Crippen molar-refractivity contribution in [1.29, 1.82) is 0 Å². The lowest BCUT2D eigenvalue weighted by molar-refractivity contribution is -0.113. The van der Waals surface area contributed by atoms with Crippen LogP contribution in [0.15, 0.2) is 48.0 Å². The van der Waals surface area contributed by atoms with Crippen LogP contribution in [0.25, 0.3) is 0 Å². The summed E-state index contributed by atoms with van der Waals surface area (Å²) in [6, 6.07) is 10.1. The lowest BCUT2D eigenvalue weighted by atomic mass is 10.1. The number of carbonyl (C=O) groups is 1. The van der Waals surface area contributed by atoms with Crippen molar-refractivity contribution in [2.45, 2.75) is 13.0 Å². The molecule has 154 valence electrons. The van der Waals surface area contributed by atoms with Gasteiger partial charge in [0, 0.05) is 48.6 Å². The Bertz CT molecular complexity index is 888. The van der Waals surface area contributed by atoms with E-state index in [9.17, 15) is 9.18 Å². The van der Waals surface area contributed by atoms with Crippen LogP contribution in [0, 0.1) is 5.82 Å². The van der Waals surface area contributed by atoms with Gasteiger partial charge in [-0.2, -0.15) is 0 Å². The quantitative estimate of drug-likeness (QED) is 0.769. The van der Waals surface area contributed by atoms with Gasteiger partial charge in [-0.1, -0.05) is 24.3 Å². The van der Waals surface area contributed by atoms with Crippen molar-refractivity contribution >= 4 is 11.6 Å². The average Bonchev–Trinajstić information content (AvgIpc) is 2.75. The molecule has 1 aliphatic rings. The fourth-order valence-electron chi connectivity index (χ4n) is 3.29. The first kappa shape index (κ1) is 20.7. The topological polar surface area (TPSA) is 60.0 Å². The molecule has 1 amide bonds. The maximum absolute atomic E-state index is 13.8. The largest absolute Gasteiger partial charge is 0.493 e. The second-order valence-corrected chi connectivity index (χ2v) is 6.67. The summed E-state index contributed by atoms with van der Waals surface area (Å²) in [7, 11) is 4.58. The molecule has 1 N–H and O–H groups in total. The standard InChI is InChI=1S/C22H25FN2O4/c1-27-19-12-17(13-20(28-2)21(19)29-3)24-22(26)15-8-10-25(11-9-15)14-16-6-4-5-7-18(16)23/h4-8,12-13H,9-11,14H2,1-3H3,(H,24,26). The maximum Gasteiger partial charge on any atom is 0.251 e. The SMILES string of the molecule is COc1cc(NC(=O)C2=CCN(Cc3ccccc3F)CC2)cc(OC)c1OC. The van der Waals surface area contributed by atoms with E-state index in [2.05, 4.69) is 10.2 Å². The molecule has 0 atom stereocenters. The zero-order valence-corrected chi connectivity index (χ0v) is 16.8. The zero-order chi connectivity index (χ0) is 20.8. The molecule has 2 aromatic carbocycles. The van der Waals surface area contributed by atoms with Gasteiger partial charge in [-0.3, -0.25) is 9.69 Å². The molecule has 3 rings (SSSR count). The lowest BCUT2D eigenvalue weighted by Gasteiger charge is -2.26. The highest BCUT2D eigenvalue weighted by molar-refractivity contribution is 6.04. The molecule has 0 unspecified atom stereocenters. The number of anilines is 1. The van der Waals surface area contributed by atoms with E-state index in [1.807, 2.05) is 12.1 Å². The molecule has 0 radical (unpaired) electrons. The summed E-state index contributed by atoms with van der Waals surface area (Å²) in [6.45, 7) is 1.79. The van der Waals surface area contributed by atoms with Crippen molar-refractivity contribution < 1.29 is 23.4 Å². The first-order chi connectivity index (χ1) is 14.0. The van der Waals surface area contributed by atoms with Crippen molar-refractivity contribution in [2.24, 2.45) is 0 Å². The molecular weight excluding hydrogens is 375 g/mol. The molecule has 0 bridgehead atoms. The summed E-state index contributed by atoms with van der Waals surface area (Å²) >= 11 is 0. The van der Waals surface area contributed by atoms with Gasteiger partial charge in [-0.05, 0) is 12.5 Å². The van der Waals surface area contributed by atoms with Gasteiger partial charge in [0.05, 0.1) is 21.3 Å². The Morgan fingerprint density at radius 1 is 1.10 bits per heavy atom. The predicted octanol–water partition coefficient (Wildman–Crippen LogP) is 3.62. The van der Waals surface area contributed by atoms with Crippen LogP contribution in [-0.2, 0) is 11.3 Å². The van der Waals surface area contributed by atoms with Crippen molar-refractivity contribution in [3.8, 4) is 17.2 Å². The number of carbonyl (C=O) groups excluding carboxylic acids is 1. The van der Waals surface area contributed by atoms with Crippen LogP contribution in [0.4, 0.5) is 10.1 Å². The molecule has 0 fully saturated rings.